The number of carbonyl (C=O) groups excluding carboxylic acids is 2. The number of hydrogen-bond acceptors (Lipinski definition) is 5. The van der Waals surface area contributed by atoms with E-state index in [0.29, 0.717) is 6.32 Å². The minimum absolute atomic E-state index is 0.232. The maximum absolute atomic E-state index is 8.44. The molecule has 0 radical (unpaired) electrons. The average Bonchev–Trinajstić information content (AvgIpc) is 1.99. The summed E-state index contributed by atoms with van der Waals surface area (Å²) in [7, 11) is -1.15. The van der Waals surface area contributed by atoms with Gasteiger partial charge in [0.25, 0.3) is 0 Å². The quantitative estimate of drug-likeness (QED) is 0.395. The molecule has 0 bridgehead atoms. The van der Waals surface area contributed by atoms with E-state index in [2.05, 4.69) is 0 Å². The van der Waals surface area contributed by atoms with Crippen LogP contribution < -0.4 is 5.73 Å². The van der Waals surface area contributed by atoms with E-state index in [4.69, 9.17) is 25.4 Å². The molecule has 0 fully saturated rings. The zero-order valence-electron chi connectivity index (χ0n) is 7.77. The number of unbranched alkanes of at least 4 members (excludes halogenated alkanes) is 1. The summed E-state index contributed by atoms with van der Waals surface area (Å²) in [5.41, 5.74) is 5.48. The second kappa shape index (κ2) is 11.3. The first-order valence-electron chi connectivity index (χ1n) is 4.15. The molecule has 0 aliphatic carbocycles. The molecule has 0 rings (SSSR count). The van der Waals surface area contributed by atoms with Crippen LogP contribution in [0.5, 0.6) is 0 Å². The summed E-state index contributed by atoms with van der Waals surface area (Å²) in [5.74, 6) is 0. The SMILES string of the molecule is CC(N)CCCCB(O)O.O=C=O. The van der Waals surface area contributed by atoms with Gasteiger partial charge in [-0.25, -0.2) is 0 Å². The summed E-state index contributed by atoms with van der Waals surface area (Å²) in [6.07, 6.45) is 3.51. The maximum atomic E-state index is 8.44. The molecule has 1 atom stereocenters. The van der Waals surface area contributed by atoms with E-state index in [1.807, 2.05) is 6.92 Å². The van der Waals surface area contributed by atoms with Crippen LogP contribution in [0.15, 0.2) is 0 Å². The zero-order chi connectivity index (χ0) is 10.7. The molecule has 4 N–H and O–H groups in total. The van der Waals surface area contributed by atoms with Crippen LogP contribution in [-0.2, 0) is 9.59 Å². The van der Waals surface area contributed by atoms with E-state index in [9.17, 15) is 0 Å². The molecule has 0 heterocycles. The van der Waals surface area contributed by atoms with Gasteiger partial charge in [-0.1, -0.05) is 12.8 Å². The highest BCUT2D eigenvalue weighted by Crippen LogP contribution is 2.02. The van der Waals surface area contributed by atoms with E-state index >= 15 is 0 Å². The van der Waals surface area contributed by atoms with Crippen LogP contribution in [0, 0.1) is 0 Å². The summed E-state index contributed by atoms with van der Waals surface area (Å²) in [6.45, 7) is 1.95. The Hall–Kier alpha value is -0.675. The lowest BCUT2D eigenvalue weighted by Crippen LogP contribution is -2.15. The zero-order valence-corrected chi connectivity index (χ0v) is 7.77. The minimum atomic E-state index is -1.15. The Labute approximate surface area is 78.1 Å². The van der Waals surface area contributed by atoms with Gasteiger partial charge in [0.1, 0.15) is 0 Å². The fourth-order valence-corrected chi connectivity index (χ4v) is 0.793. The molecule has 0 aliphatic rings. The molecular formula is C7H16BNO4. The Morgan fingerprint density at radius 3 is 2.15 bits per heavy atom. The Morgan fingerprint density at radius 1 is 1.38 bits per heavy atom. The third-order valence-electron chi connectivity index (χ3n) is 1.37. The predicted octanol–water partition coefficient (Wildman–Crippen LogP) is -0.607. The smallest absolute Gasteiger partial charge is 0.427 e. The van der Waals surface area contributed by atoms with Crippen molar-refractivity contribution < 1.29 is 19.6 Å². The number of nitrogens with two attached hydrogens (primary N) is 1. The van der Waals surface area contributed by atoms with Gasteiger partial charge in [-0.15, -0.1) is 0 Å². The van der Waals surface area contributed by atoms with Crippen molar-refractivity contribution in [1.82, 2.24) is 0 Å². The Bertz CT molecular complexity index is 124. The van der Waals surface area contributed by atoms with Crippen molar-refractivity contribution in [3.8, 4) is 0 Å². The standard InChI is InChI=1S/C6H16BNO2.CO2/c1-6(8)4-2-3-5-7(9)10;2-1-3/h6,9-10H,2-5,8H2,1H3;. The third kappa shape index (κ3) is 24.6. The van der Waals surface area contributed by atoms with Crippen LogP contribution in [0.3, 0.4) is 0 Å². The van der Waals surface area contributed by atoms with Crippen LogP contribution in [0.25, 0.3) is 0 Å². The van der Waals surface area contributed by atoms with Crippen molar-refractivity contribution in [2.24, 2.45) is 5.73 Å². The summed E-state index contributed by atoms with van der Waals surface area (Å²) in [4.78, 5) is 16.2. The molecule has 5 nitrogen and oxygen atoms in total. The van der Waals surface area contributed by atoms with E-state index < -0.39 is 7.12 Å². The molecule has 0 spiro atoms. The van der Waals surface area contributed by atoms with Gasteiger partial charge in [0.05, 0.1) is 0 Å². The number of rotatable bonds is 5. The van der Waals surface area contributed by atoms with Crippen LogP contribution in [0.4, 0.5) is 0 Å². The van der Waals surface area contributed by atoms with E-state index in [1.54, 1.807) is 0 Å². The molecule has 0 aliphatic heterocycles. The van der Waals surface area contributed by atoms with Gasteiger partial charge in [-0.05, 0) is 19.7 Å². The van der Waals surface area contributed by atoms with Crippen molar-refractivity contribution >= 4 is 13.3 Å². The molecule has 6 heteroatoms. The van der Waals surface area contributed by atoms with Gasteiger partial charge in [0, 0.05) is 6.04 Å². The molecule has 1 unspecified atom stereocenters. The van der Waals surface area contributed by atoms with Crippen LogP contribution >= 0.6 is 0 Å². The lowest BCUT2D eigenvalue weighted by molar-refractivity contribution is -0.191. The highest BCUT2D eigenvalue weighted by Gasteiger charge is 2.04. The van der Waals surface area contributed by atoms with Crippen molar-refractivity contribution in [3.63, 3.8) is 0 Å². The molecule has 0 aromatic carbocycles. The lowest BCUT2D eigenvalue weighted by Gasteiger charge is -2.03. The summed E-state index contributed by atoms with van der Waals surface area (Å²) >= 11 is 0. The predicted molar refractivity (Wildman–Crippen MR) is 47.5 cm³/mol. The summed E-state index contributed by atoms with van der Waals surface area (Å²) < 4.78 is 0. The molecule has 0 saturated heterocycles. The van der Waals surface area contributed by atoms with E-state index in [0.717, 1.165) is 19.3 Å². The Balaban J connectivity index is 0. The third-order valence-corrected chi connectivity index (χ3v) is 1.37. The van der Waals surface area contributed by atoms with Crippen molar-refractivity contribution in [2.45, 2.75) is 38.5 Å². The fourth-order valence-electron chi connectivity index (χ4n) is 0.793. The maximum Gasteiger partial charge on any atom is 0.451 e. The summed E-state index contributed by atoms with van der Waals surface area (Å²) in [5, 5.41) is 16.9. The molecule has 0 aromatic heterocycles. The Kier molecular flexibility index (Phi) is 12.9. The first-order valence-corrected chi connectivity index (χ1v) is 4.15. The molecule has 0 amide bonds. The van der Waals surface area contributed by atoms with Crippen LogP contribution in [0.2, 0.25) is 6.32 Å². The fraction of sp³-hybridized carbons (Fsp3) is 0.857. The second-order valence-electron chi connectivity index (χ2n) is 2.83. The second-order valence-corrected chi connectivity index (χ2v) is 2.83. The molecule has 0 saturated carbocycles. The van der Waals surface area contributed by atoms with E-state index in [1.165, 1.54) is 0 Å². The summed E-state index contributed by atoms with van der Waals surface area (Å²) in [6, 6.07) is 0.232. The highest BCUT2D eigenvalue weighted by molar-refractivity contribution is 6.40. The molecular weight excluding hydrogens is 173 g/mol. The molecule has 13 heavy (non-hydrogen) atoms. The van der Waals surface area contributed by atoms with Gasteiger partial charge in [0.15, 0.2) is 0 Å². The van der Waals surface area contributed by atoms with E-state index in [-0.39, 0.29) is 12.2 Å². The first kappa shape index (κ1) is 14.8. The lowest BCUT2D eigenvalue weighted by atomic mass is 9.83. The molecule has 0 aromatic rings. The largest absolute Gasteiger partial charge is 0.451 e. The van der Waals surface area contributed by atoms with Gasteiger partial charge in [0.2, 0.25) is 0 Å². The topological polar surface area (TPSA) is 101 Å². The van der Waals surface area contributed by atoms with Crippen molar-refractivity contribution in [1.29, 1.82) is 0 Å². The monoisotopic (exact) mass is 189 g/mol. The van der Waals surface area contributed by atoms with Gasteiger partial charge in [-0.3, -0.25) is 0 Å². The van der Waals surface area contributed by atoms with Gasteiger partial charge < -0.3 is 15.8 Å². The van der Waals surface area contributed by atoms with Gasteiger partial charge in [-0.2, -0.15) is 9.59 Å². The average molecular weight is 189 g/mol. The van der Waals surface area contributed by atoms with Crippen molar-refractivity contribution in [3.05, 3.63) is 0 Å². The highest BCUT2D eigenvalue weighted by atomic mass is 16.4. The van der Waals surface area contributed by atoms with Crippen LogP contribution in [0.1, 0.15) is 26.2 Å². The Morgan fingerprint density at radius 2 is 1.85 bits per heavy atom. The van der Waals surface area contributed by atoms with Crippen molar-refractivity contribution in [2.75, 3.05) is 0 Å². The van der Waals surface area contributed by atoms with Gasteiger partial charge >= 0.3 is 13.3 Å². The number of hydrogen-bond donors (Lipinski definition) is 3. The van der Waals surface area contributed by atoms with Crippen LogP contribution in [-0.4, -0.2) is 29.4 Å². The minimum Gasteiger partial charge on any atom is -0.427 e. The normalized spacial score (nSPS) is 10.8. The molecule has 76 valence electrons. The first-order chi connectivity index (χ1) is 6.04.